The predicted octanol–water partition coefficient (Wildman–Crippen LogP) is 2.89. The Morgan fingerprint density at radius 1 is 0.969 bits per heavy atom. The van der Waals surface area contributed by atoms with Crippen LogP contribution >= 0.6 is 11.3 Å². The number of nitrogens with zero attached hydrogens (tertiary/aromatic N) is 2. The Morgan fingerprint density at radius 3 is 2.34 bits per heavy atom. The van der Waals surface area contributed by atoms with E-state index in [2.05, 4.69) is 15.6 Å². The van der Waals surface area contributed by atoms with Crippen LogP contribution in [0.3, 0.4) is 0 Å². The van der Waals surface area contributed by atoms with Crippen molar-refractivity contribution < 1.29 is 23.9 Å². The molecule has 3 aromatic rings. The third-order valence-corrected chi connectivity index (χ3v) is 5.50. The standard InChI is InChI=1S/C22H18N4O5S/c1-31-10-9-26-20(29)16-7-4-14(12-17(16)21(26)30)19(28)24-15-5-2-13(3-6-15)18(27)25-22-23-8-11-32-22/h2-8,11-12H,9-10H2,1H3,(H,24,28)(H,23,25,27). The number of nitrogens with one attached hydrogen (secondary N) is 2. The van der Waals surface area contributed by atoms with E-state index >= 15 is 0 Å². The van der Waals surface area contributed by atoms with Crippen molar-refractivity contribution in [2.75, 3.05) is 30.9 Å². The molecule has 0 saturated carbocycles. The van der Waals surface area contributed by atoms with Crippen LogP contribution in [-0.4, -0.2) is 53.8 Å². The Labute approximate surface area is 187 Å². The Balaban J connectivity index is 1.44. The molecule has 10 heteroatoms. The molecule has 0 radical (unpaired) electrons. The first-order valence-corrected chi connectivity index (χ1v) is 10.5. The van der Waals surface area contributed by atoms with E-state index in [0.29, 0.717) is 16.4 Å². The van der Waals surface area contributed by atoms with Crippen LogP contribution in [0, 0.1) is 0 Å². The SMILES string of the molecule is COCCN1C(=O)c2ccc(C(=O)Nc3ccc(C(=O)Nc4nccs4)cc3)cc2C1=O. The van der Waals surface area contributed by atoms with Crippen LogP contribution in [0.1, 0.15) is 41.4 Å². The number of benzene rings is 2. The predicted molar refractivity (Wildman–Crippen MR) is 118 cm³/mol. The first kappa shape index (κ1) is 21.3. The van der Waals surface area contributed by atoms with Gasteiger partial charge in [-0.25, -0.2) is 4.98 Å². The summed E-state index contributed by atoms with van der Waals surface area (Å²) in [6, 6.07) is 10.7. The van der Waals surface area contributed by atoms with Gasteiger partial charge in [0.25, 0.3) is 23.6 Å². The van der Waals surface area contributed by atoms with Crippen LogP contribution in [-0.2, 0) is 4.74 Å². The molecule has 1 aliphatic rings. The first-order chi connectivity index (χ1) is 15.5. The average Bonchev–Trinajstić information content (AvgIpc) is 3.39. The van der Waals surface area contributed by atoms with E-state index in [1.54, 1.807) is 35.8 Å². The summed E-state index contributed by atoms with van der Waals surface area (Å²) in [6.45, 7) is 0.378. The Kier molecular flexibility index (Phi) is 6.06. The summed E-state index contributed by atoms with van der Waals surface area (Å²) in [5.74, 6) is -1.60. The molecule has 2 aromatic carbocycles. The molecule has 0 bridgehead atoms. The molecule has 0 fully saturated rings. The molecule has 0 unspecified atom stereocenters. The second-order valence-corrected chi connectivity index (χ2v) is 7.73. The molecule has 1 aliphatic heterocycles. The summed E-state index contributed by atoms with van der Waals surface area (Å²) in [6.07, 6.45) is 1.60. The quantitative estimate of drug-likeness (QED) is 0.535. The van der Waals surface area contributed by atoms with E-state index in [9.17, 15) is 19.2 Å². The van der Waals surface area contributed by atoms with Crippen molar-refractivity contribution in [3.63, 3.8) is 0 Å². The Morgan fingerprint density at radius 2 is 1.66 bits per heavy atom. The molecule has 2 N–H and O–H groups in total. The molecule has 1 aromatic heterocycles. The topological polar surface area (TPSA) is 118 Å². The summed E-state index contributed by atoms with van der Waals surface area (Å²) in [5, 5.41) is 7.66. The highest BCUT2D eigenvalue weighted by Gasteiger charge is 2.35. The molecular formula is C22H18N4O5S. The second kappa shape index (κ2) is 9.08. The maximum Gasteiger partial charge on any atom is 0.261 e. The van der Waals surface area contributed by atoms with Gasteiger partial charge in [-0.3, -0.25) is 29.4 Å². The molecule has 4 rings (SSSR count). The van der Waals surface area contributed by atoms with E-state index in [1.165, 1.54) is 36.6 Å². The van der Waals surface area contributed by atoms with Crippen molar-refractivity contribution in [2.24, 2.45) is 0 Å². The molecule has 0 aliphatic carbocycles. The molecule has 9 nitrogen and oxygen atoms in total. The van der Waals surface area contributed by atoms with Gasteiger partial charge in [0.1, 0.15) is 0 Å². The fraction of sp³-hybridized carbons (Fsp3) is 0.136. The van der Waals surface area contributed by atoms with Crippen LogP contribution in [0.5, 0.6) is 0 Å². The van der Waals surface area contributed by atoms with Crippen LogP contribution in [0.15, 0.2) is 54.0 Å². The van der Waals surface area contributed by atoms with Gasteiger partial charge in [-0.2, -0.15) is 0 Å². The largest absolute Gasteiger partial charge is 0.383 e. The number of thiazole rings is 1. The molecule has 162 valence electrons. The lowest BCUT2D eigenvalue weighted by Gasteiger charge is -2.12. The highest BCUT2D eigenvalue weighted by Crippen LogP contribution is 2.24. The van der Waals surface area contributed by atoms with Crippen molar-refractivity contribution in [1.29, 1.82) is 0 Å². The molecule has 0 atom stereocenters. The van der Waals surface area contributed by atoms with Crippen LogP contribution in [0.2, 0.25) is 0 Å². The maximum atomic E-state index is 12.7. The number of fused-ring (bicyclic) bond motifs is 1. The van der Waals surface area contributed by atoms with Crippen LogP contribution in [0.4, 0.5) is 10.8 Å². The Hall–Kier alpha value is -3.89. The smallest absolute Gasteiger partial charge is 0.261 e. The van der Waals surface area contributed by atoms with Crippen LogP contribution < -0.4 is 10.6 Å². The minimum absolute atomic E-state index is 0.146. The zero-order chi connectivity index (χ0) is 22.7. The van der Waals surface area contributed by atoms with Gasteiger partial charge in [0.05, 0.1) is 24.3 Å². The number of anilines is 2. The van der Waals surface area contributed by atoms with E-state index in [-0.39, 0.29) is 35.7 Å². The van der Waals surface area contributed by atoms with Gasteiger partial charge < -0.3 is 10.1 Å². The molecule has 0 spiro atoms. The molecule has 0 saturated heterocycles. The van der Waals surface area contributed by atoms with Gasteiger partial charge in [0.2, 0.25) is 0 Å². The number of hydrogen-bond acceptors (Lipinski definition) is 7. The van der Waals surface area contributed by atoms with Crippen molar-refractivity contribution in [3.8, 4) is 0 Å². The summed E-state index contributed by atoms with van der Waals surface area (Å²) < 4.78 is 4.94. The molecule has 4 amide bonds. The molecule has 32 heavy (non-hydrogen) atoms. The van der Waals surface area contributed by atoms with E-state index in [0.717, 1.165) is 4.90 Å². The lowest BCUT2D eigenvalue weighted by atomic mass is 10.1. The number of ether oxygens (including phenoxy) is 1. The number of carbonyl (C=O) groups is 4. The molecular weight excluding hydrogens is 432 g/mol. The highest BCUT2D eigenvalue weighted by atomic mass is 32.1. The van der Waals surface area contributed by atoms with Crippen molar-refractivity contribution in [3.05, 3.63) is 76.3 Å². The van der Waals surface area contributed by atoms with Gasteiger partial charge in [0, 0.05) is 35.5 Å². The second-order valence-electron chi connectivity index (χ2n) is 6.84. The zero-order valence-electron chi connectivity index (χ0n) is 17.0. The maximum absolute atomic E-state index is 12.7. The number of hydrogen-bond donors (Lipinski definition) is 2. The van der Waals surface area contributed by atoms with Crippen LogP contribution in [0.25, 0.3) is 0 Å². The number of imide groups is 1. The summed E-state index contributed by atoms with van der Waals surface area (Å²) in [4.78, 5) is 54.9. The monoisotopic (exact) mass is 450 g/mol. The summed E-state index contributed by atoms with van der Waals surface area (Å²) >= 11 is 1.31. The van der Waals surface area contributed by atoms with Gasteiger partial charge in [-0.05, 0) is 42.5 Å². The number of aromatic nitrogens is 1. The first-order valence-electron chi connectivity index (χ1n) is 9.59. The number of methoxy groups -OCH3 is 1. The van der Waals surface area contributed by atoms with Crippen molar-refractivity contribution >= 4 is 45.8 Å². The number of rotatable bonds is 7. The van der Waals surface area contributed by atoms with Gasteiger partial charge in [-0.15, -0.1) is 11.3 Å². The fourth-order valence-corrected chi connectivity index (χ4v) is 3.70. The molecule has 2 heterocycles. The summed E-state index contributed by atoms with van der Waals surface area (Å²) in [5.41, 5.74) is 1.58. The average molecular weight is 450 g/mol. The van der Waals surface area contributed by atoms with E-state index in [1.807, 2.05) is 0 Å². The fourth-order valence-electron chi connectivity index (χ4n) is 3.18. The summed E-state index contributed by atoms with van der Waals surface area (Å²) in [7, 11) is 1.49. The minimum atomic E-state index is -0.452. The number of carbonyl (C=O) groups excluding carboxylic acids is 4. The van der Waals surface area contributed by atoms with E-state index in [4.69, 9.17) is 4.74 Å². The number of amides is 4. The van der Waals surface area contributed by atoms with Crippen molar-refractivity contribution in [2.45, 2.75) is 0 Å². The highest BCUT2D eigenvalue weighted by molar-refractivity contribution is 7.13. The van der Waals surface area contributed by atoms with Gasteiger partial charge >= 0.3 is 0 Å². The van der Waals surface area contributed by atoms with Gasteiger partial charge in [0.15, 0.2) is 5.13 Å². The third-order valence-electron chi connectivity index (χ3n) is 4.81. The lowest BCUT2D eigenvalue weighted by Crippen LogP contribution is -2.32. The normalized spacial score (nSPS) is 12.6. The minimum Gasteiger partial charge on any atom is -0.383 e. The van der Waals surface area contributed by atoms with Gasteiger partial charge in [-0.1, -0.05) is 0 Å². The Bertz CT molecular complexity index is 1190. The lowest BCUT2D eigenvalue weighted by molar-refractivity contribution is 0.0603. The van der Waals surface area contributed by atoms with Crippen molar-refractivity contribution in [1.82, 2.24) is 9.88 Å². The third kappa shape index (κ3) is 4.27. The van der Waals surface area contributed by atoms with E-state index < -0.39 is 17.7 Å². The zero-order valence-corrected chi connectivity index (χ0v) is 17.8.